The van der Waals surface area contributed by atoms with E-state index in [4.69, 9.17) is 23.2 Å². The Kier molecular flexibility index (Phi) is 9.30. The number of amides is 2. The van der Waals surface area contributed by atoms with Crippen LogP contribution in [0.5, 0.6) is 0 Å². The Morgan fingerprint density at radius 3 is 2.33 bits per heavy atom. The van der Waals surface area contributed by atoms with Crippen LogP contribution >= 0.6 is 23.2 Å². The highest BCUT2D eigenvalue weighted by atomic mass is 35.5. The summed E-state index contributed by atoms with van der Waals surface area (Å²) in [7, 11) is -3.79. The van der Waals surface area contributed by atoms with E-state index < -0.39 is 28.5 Å². The number of hydrogen-bond acceptors (Lipinski definition) is 4. The van der Waals surface area contributed by atoms with E-state index in [9.17, 15) is 18.0 Å². The van der Waals surface area contributed by atoms with E-state index in [0.29, 0.717) is 21.3 Å². The highest BCUT2D eigenvalue weighted by Gasteiger charge is 2.31. The lowest BCUT2D eigenvalue weighted by molar-refractivity contribution is -0.139. The molecule has 1 N–H and O–H groups in total. The number of aryl methyl sites for hydroxylation is 2. The standard InChI is InChI=1S/C26H33Cl2N3O4S/c1-17-9-10-18(2)24(13-17)31(36(4,34)35)16-25(32)30(15-20-11-12-22(27)23(28)14-20)19(3)26(33)29-21-7-5-6-8-21/h9-14,19,21H,5-8,15-16H2,1-4H3,(H,29,33)/t19-/m0/s1. The van der Waals surface area contributed by atoms with Gasteiger partial charge in [0.05, 0.1) is 22.0 Å². The molecule has 2 amide bonds. The van der Waals surface area contributed by atoms with Crippen molar-refractivity contribution in [1.82, 2.24) is 10.2 Å². The van der Waals surface area contributed by atoms with E-state index in [-0.39, 0.29) is 18.5 Å². The van der Waals surface area contributed by atoms with Gasteiger partial charge in [-0.2, -0.15) is 0 Å². The zero-order valence-corrected chi connectivity index (χ0v) is 23.4. The van der Waals surface area contributed by atoms with Gasteiger partial charge in [-0.05, 0) is 68.5 Å². The van der Waals surface area contributed by atoms with E-state index >= 15 is 0 Å². The molecule has 0 radical (unpaired) electrons. The molecule has 2 aromatic rings. The molecule has 0 heterocycles. The minimum absolute atomic E-state index is 0.0688. The SMILES string of the molecule is Cc1ccc(C)c(N(CC(=O)N(Cc2ccc(Cl)c(Cl)c2)[C@@H](C)C(=O)NC2CCCC2)S(C)(=O)=O)c1. The topological polar surface area (TPSA) is 86.8 Å². The van der Waals surface area contributed by atoms with Gasteiger partial charge in [0.2, 0.25) is 21.8 Å². The van der Waals surface area contributed by atoms with Crippen LogP contribution in [0.2, 0.25) is 10.0 Å². The summed E-state index contributed by atoms with van der Waals surface area (Å²) in [5.41, 5.74) is 2.70. The summed E-state index contributed by atoms with van der Waals surface area (Å²) in [5.74, 6) is -0.769. The minimum Gasteiger partial charge on any atom is -0.352 e. The molecule has 1 aliphatic carbocycles. The zero-order valence-electron chi connectivity index (χ0n) is 21.1. The fourth-order valence-electron chi connectivity index (χ4n) is 4.39. The first-order chi connectivity index (χ1) is 16.9. The highest BCUT2D eigenvalue weighted by Crippen LogP contribution is 2.26. The second kappa shape index (κ2) is 11.8. The molecule has 196 valence electrons. The summed E-state index contributed by atoms with van der Waals surface area (Å²) in [6.45, 7) is 4.94. The molecule has 1 fully saturated rings. The monoisotopic (exact) mass is 553 g/mol. The van der Waals surface area contributed by atoms with Crippen LogP contribution < -0.4 is 9.62 Å². The van der Waals surface area contributed by atoms with Crippen molar-refractivity contribution in [1.29, 1.82) is 0 Å². The van der Waals surface area contributed by atoms with Crippen LogP contribution in [0, 0.1) is 13.8 Å². The molecule has 7 nitrogen and oxygen atoms in total. The van der Waals surface area contributed by atoms with Gasteiger partial charge in [0.15, 0.2) is 0 Å². The molecule has 1 saturated carbocycles. The molecule has 1 aliphatic rings. The third-order valence-electron chi connectivity index (χ3n) is 6.52. The first-order valence-electron chi connectivity index (χ1n) is 12.0. The molecule has 0 aliphatic heterocycles. The molecule has 0 bridgehead atoms. The third kappa shape index (κ3) is 7.14. The van der Waals surface area contributed by atoms with Crippen molar-refractivity contribution >= 4 is 50.7 Å². The average Bonchev–Trinajstić information content (AvgIpc) is 3.31. The predicted molar refractivity (Wildman–Crippen MR) is 145 cm³/mol. The van der Waals surface area contributed by atoms with E-state index in [0.717, 1.165) is 47.4 Å². The van der Waals surface area contributed by atoms with Gasteiger partial charge in [-0.25, -0.2) is 8.42 Å². The first kappa shape index (κ1) is 28.3. The van der Waals surface area contributed by atoms with E-state index in [1.54, 1.807) is 38.1 Å². The lowest BCUT2D eigenvalue weighted by atomic mass is 10.1. The summed E-state index contributed by atoms with van der Waals surface area (Å²) in [4.78, 5) is 28.2. The molecule has 2 aromatic carbocycles. The molecule has 3 rings (SSSR count). The molecule has 0 spiro atoms. The maximum absolute atomic E-state index is 13.7. The number of benzene rings is 2. The Bertz CT molecular complexity index is 1230. The fourth-order valence-corrected chi connectivity index (χ4v) is 5.61. The third-order valence-corrected chi connectivity index (χ3v) is 8.38. The van der Waals surface area contributed by atoms with Gasteiger partial charge < -0.3 is 10.2 Å². The number of anilines is 1. The van der Waals surface area contributed by atoms with Crippen molar-refractivity contribution in [3.8, 4) is 0 Å². The average molecular weight is 555 g/mol. The summed E-state index contributed by atoms with van der Waals surface area (Å²) in [5, 5.41) is 3.75. The van der Waals surface area contributed by atoms with Crippen molar-refractivity contribution in [3.05, 3.63) is 63.1 Å². The molecular weight excluding hydrogens is 521 g/mol. The lowest BCUT2D eigenvalue weighted by Gasteiger charge is -2.32. The number of nitrogens with zero attached hydrogens (tertiary/aromatic N) is 2. The Balaban J connectivity index is 1.93. The number of hydrogen-bond donors (Lipinski definition) is 1. The normalized spacial score (nSPS) is 14.9. The molecule has 0 unspecified atom stereocenters. The van der Waals surface area contributed by atoms with Crippen LogP contribution in [-0.4, -0.2) is 50.0 Å². The van der Waals surface area contributed by atoms with Crippen LogP contribution in [0.1, 0.15) is 49.3 Å². The molecule has 10 heteroatoms. The van der Waals surface area contributed by atoms with Gasteiger partial charge in [-0.15, -0.1) is 0 Å². The number of carbonyl (C=O) groups excluding carboxylic acids is 2. The van der Waals surface area contributed by atoms with Crippen molar-refractivity contribution in [2.45, 2.75) is 65.1 Å². The Morgan fingerprint density at radius 2 is 1.72 bits per heavy atom. The number of carbonyl (C=O) groups is 2. The van der Waals surface area contributed by atoms with Crippen LogP contribution in [-0.2, 0) is 26.2 Å². The van der Waals surface area contributed by atoms with Crippen LogP contribution in [0.15, 0.2) is 36.4 Å². The van der Waals surface area contributed by atoms with Gasteiger partial charge in [0.25, 0.3) is 0 Å². The molecular formula is C26H33Cl2N3O4S. The molecule has 1 atom stereocenters. The second-order valence-electron chi connectivity index (χ2n) is 9.50. The van der Waals surface area contributed by atoms with Gasteiger partial charge >= 0.3 is 0 Å². The maximum atomic E-state index is 13.7. The maximum Gasteiger partial charge on any atom is 0.244 e. The summed E-state index contributed by atoms with van der Waals surface area (Å²) < 4.78 is 26.6. The Hall–Kier alpha value is -2.29. The largest absolute Gasteiger partial charge is 0.352 e. The first-order valence-corrected chi connectivity index (χ1v) is 14.6. The van der Waals surface area contributed by atoms with Gasteiger partial charge in [-0.3, -0.25) is 13.9 Å². The van der Waals surface area contributed by atoms with E-state index in [1.807, 2.05) is 19.1 Å². The summed E-state index contributed by atoms with van der Waals surface area (Å²) in [6.07, 6.45) is 5.01. The van der Waals surface area contributed by atoms with Crippen molar-refractivity contribution in [2.24, 2.45) is 0 Å². The summed E-state index contributed by atoms with van der Waals surface area (Å²) >= 11 is 12.2. The number of rotatable bonds is 9. The second-order valence-corrected chi connectivity index (χ2v) is 12.2. The lowest BCUT2D eigenvalue weighted by Crippen LogP contribution is -2.52. The van der Waals surface area contributed by atoms with E-state index in [2.05, 4.69) is 5.32 Å². The predicted octanol–water partition coefficient (Wildman–Crippen LogP) is 4.85. The van der Waals surface area contributed by atoms with Crippen molar-refractivity contribution < 1.29 is 18.0 Å². The van der Waals surface area contributed by atoms with Crippen LogP contribution in [0.4, 0.5) is 5.69 Å². The number of sulfonamides is 1. The molecule has 0 saturated heterocycles. The Morgan fingerprint density at radius 1 is 1.06 bits per heavy atom. The minimum atomic E-state index is -3.79. The number of halogens is 2. The number of nitrogens with one attached hydrogen (secondary N) is 1. The molecule has 0 aromatic heterocycles. The van der Waals surface area contributed by atoms with Gasteiger partial charge in [0.1, 0.15) is 12.6 Å². The van der Waals surface area contributed by atoms with Crippen molar-refractivity contribution in [2.75, 3.05) is 17.1 Å². The van der Waals surface area contributed by atoms with E-state index in [1.165, 1.54) is 4.90 Å². The van der Waals surface area contributed by atoms with Gasteiger partial charge in [0, 0.05) is 12.6 Å². The molecule has 36 heavy (non-hydrogen) atoms. The highest BCUT2D eigenvalue weighted by molar-refractivity contribution is 7.92. The quantitative estimate of drug-likeness (QED) is 0.480. The van der Waals surface area contributed by atoms with Crippen LogP contribution in [0.3, 0.4) is 0 Å². The van der Waals surface area contributed by atoms with Crippen molar-refractivity contribution in [3.63, 3.8) is 0 Å². The zero-order chi connectivity index (χ0) is 26.6. The Labute approximate surface area is 223 Å². The van der Waals surface area contributed by atoms with Crippen LogP contribution in [0.25, 0.3) is 0 Å². The smallest absolute Gasteiger partial charge is 0.244 e. The summed E-state index contributed by atoms with van der Waals surface area (Å²) in [6, 6.07) is 9.70. The van der Waals surface area contributed by atoms with Gasteiger partial charge in [-0.1, -0.05) is 54.2 Å². The fraction of sp³-hybridized carbons (Fsp3) is 0.462.